The number of piperidine rings is 1. The maximum Gasteiger partial charge on any atom is 0.278 e. The van der Waals surface area contributed by atoms with Crippen LogP contribution in [0, 0.1) is 0 Å². The molecule has 2 rings (SSSR count). The van der Waals surface area contributed by atoms with Crippen molar-refractivity contribution in [2.45, 2.75) is 24.0 Å². The number of nitrogens with zero attached hydrogens (tertiary/aromatic N) is 3. The monoisotopic (exact) mass is 278 g/mol. The standard InChI is InChI=1S/C9H14N4O2S.ClH/c10-8-3-1-6-13(7-8)16(14,15)9-11-4-2-5-12-9;/h2,4-5,8H,1,3,6-7,10H2;1H. The van der Waals surface area contributed by atoms with Crippen LogP contribution >= 0.6 is 12.4 Å². The van der Waals surface area contributed by atoms with Crippen LogP contribution < -0.4 is 5.73 Å². The first-order valence-corrected chi connectivity index (χ1v) is 6.57. The lowest BCUT2D eigenvalue weighted by Gasteiger charge is -2.28. The first kappa shape index (κ1) is 14.3. The minimum absolute atomic E-state index is 0. The summed E-state index contributed by atoms with van der Waals surface area (Å²) < 4.78 is 25.5. The fourth-order valence-electron chi connectivity index (χ4n) is 1.73. The van der Waals surface area contributed by atoms with Gasteiger partial charge in [-0.2, -0.15) is 4.31 Å². The third-order valence-electron chi connectivity index (χ3n) is 2.53. The number of aromatic nitrogens is 2. The molecule has 1 aromatic rings. The second kappa shape index (κ2) is 5.72. The normalized spacial score (nSPS) is 21.8. The average Bonchev–Trinajstić information content (AvgIpc) is 2.30. The topological polar surface area (TPSA) is 89.2 Å². The number of nitrogens with two attached hydrogens (primary N) is 1. The first-order chi connectivity index (χ1) is 7.60. The van der Waals surface area contributed by atoms with Gasteiger partial charge in [0.25, 0.3) is 15.2 Å². The lowest BCUT2D eigenvalue weighted by Crippen LogP contribution is -2.45. The summed E-state index contributed by atoms with van der Waals surface area (Å²) in [5, 5.41) is -0.149. The Morgan fingerprint density at radius 2 is 2.00 bits per heavy atom. The molecule has 0 saturated carbocycles. The highest BCUT2D eigenvalue weighted by atomic mass is 35.5. The molecule has 0 radical (unpaired) electrons. The van der Waals surface area contributed by atoms with Gasteiger partial charge in [-0.05, 0) is 18.9 Å². The van der Waals surface area contributed by atoms with Gasteiger partial charge in [0.2, 0.25) is 0 Å². The average molecular weight is 279 g/mol. The predicted octanol–water partition coefficient (Wildman–Crippen LogP) is 0.0102. The Labute approximate surface area is 107 Å². The number of hydrogen-bond acceptors (Lipinski definition) is 5. The molecule has 1 atom stereocenters. The third-order valence-corrected chi connectivity index (χ3v) is 4.22. The fraction of sp³-hybridized carbons (Fsp3) is 0.556. The number of hydrogen-bond donors (Lipinski definition) is 1. The Kier molecular flexibility index (Phi) is 4.81. The lowest BCUT2D eigenvalue weighted by atomic mass is 10.1. The van der Waals surface area contributed by atoms with Gasteiger partial charge in [-0.1, -0.05) is 0 Å². The van der Waals surface area contributed by atoms with E-state index in [0.717, 1.165) is 12.8 Å². The van der Waals surface area contributed by atoms with E-state index in [4.69, 9.17) is 5.73 Å². The quantitative estimate of drug-likeness (QED) is 0.770. The van der Waals surface area contributed by atoms with Crippen LogP contribution in [-0.4, -0.2) is 41.8 Å². The maximum absolute atomic E-state index is 12.1. The zero-order valence-corrected chi connectivity index (χ0v) is 10.8. The Morgan fingerprint density at radius 1 is 1.35 bits per heavy atom. The zero-order valence-electron chi connectivity index (χ0n) is 9.19. The smallest absolute Gasteiger partial charge is 0.278 e. The molecule has 96 valence electrons. The van der Waals surface area contributed by atoms with E-state index < -0.39 is 10.0 Å². The molecule has 1 aromatic heterocycles. The molecule has 17 heavy (non-hydrogen) atoms. The Balaban J connectivity index is 0.00000144. The van der Waals surface area contributed by atoms with Gasteiger partial charge in [0.1, 0.15) is 0 Å². The second-order valence-electron chi connectivity index (χ2n) is 3.80. The van der Waals surface area contributed by atoms with E-state index >= 15 is 0 Å². The summed E-state index contributed by atoms with van der Waals surface area (Å²) in [4.78, 5) is 7.54. The van der Waals surface area contributed by atoms with Crippen molar-refractivity contribution >= 4 is 22.4 Å². The molecular weight excluding hydrogens is 264 g/mol. The van der Waals surface area contributed by atoms with Crippen molar-refractivity contribution in [1.29, 1.82) is 0 Å². The van der Waals surface area contributed by atoms with Gasteiger partial charge < -0.3 is 5.73 Å². The Hall–Kier alpha value is -0.760. The van der Waals surface area contributed by atoms with E-state index in [2.05, 4.69) is 9.97 Å². The van der Waals surface area contributed by atoms with Gasteiger partial charge in [0.15, 0.2) is 0 Å². The van der Waals surface area contributed by atoms with Crippen molar-refractivity contribution in [3.63, 3.8) is 0 Å². The van der Waals surface area contributed by atoms with Gasteiger partial charge in [-0.15, -0.1) is 12.4 Å². The van der Waals surface area contributed by atoms with E-state index in [1.54, 1.807) is 6.07 Å². The number of rotatable bonds is 2. The summed E-state index contributed by atoms with van der Waals surface area (Å²) in [5.41, 5.74) is 5.75. The molecule has 0 spiro atoms. The Morgan fingerprint density at radius 3 is 2.59 bits per heavy atom. The summed E-state index contributed by atoms with van der Waals surface area (Å²) in [7, 11) is -3.56. The van der Waals surface area contributed by atoms with Crippen molar-refractivity contribution in [3.8, 4) is 0 Å². The van der Waals surface area contributed by atoms with Crippen LogP contribution in [0.2, 0.25) is 0 Å². The first-order valence-electron chi connectivity index (χ1n) is 5.13. The van der Waals surface area contributed by atoms with Crippen molar-refractivity contribution in [3.05, 3.63) is 18.5 Å². The minimum Gasteiger partial charge on any atom is -0.327 e. The van der Waals surface area contributed by atoms with Crippen molar-refractivity contribution in [2.24, 2.45) is 5.73 Å². The number of sulfonamides is 1. The molecule has 1 aliphatic rings. The minimum atomic E-state index is -3.56. The summed E-state index contributed by atoms with van der Waals surface area (Å²) in [6.07, 6.45) is 4.49. The molecule has 0 aromatic carbocycles. The molecule has 1 aliphatic heterocycles. The molecule has 0 bridgehead atoms. The number of halogens is 1. The maximum atomic E-state index is 12.1. The van der Waals surface area contributed by atoms with Gasteiger partial charge in [-0.25, -0.2) is 18.4 Å². The fourth-order valence-corrected chi connectivity index (χ4v) is 3.10. The van der Waals surface area contributed by atoms with Crippen molar-refractivity contribution < 1.29 is 8.42 Å². The summed E-state index contributed by atoms with van der Waals surface area (Å²) >= 11 is 0. The molecule has 0 aliphatic carbocycles. The van der Waals surface area contributed by atoms with E-state index in [-0.39, 0.29) is 23.6 Å². The van der Waals surface area contributed by atoms with Crippen LogP contribution in [0.15, 0.2) is 23.6 Å². The second-order valence-corrected chi connectivity index (χ2v) is 5.63. The SMILES string of the molecule is Cl.NC1CCCN(S(=O)(=O)c2ncccn2)C1. The highest BCUT2D eigenvalue weighted by Gasteiger charge is 2.30. The predicted molar refractivity (Wildman–Crippen MR) is 65.2 cm³/mol. The van der Waals surface area contributed by atoms with Crippen LogP contribution in [0.25, 0.3) is 0 Å². The lowest BCUT2D eigenvalue weighted by molar-refractivity contribution is 0.314. The highest BCUT2D eigenvalue weighted by Crippen LogP contribution is 2.16. The summed E-state index contributed by atoms with van der Waals surface area (Å²) in [5.74, 6) is 0. The van der Waals surface area contributed by atoms with Crippen LogP contribution in [0.3, 0.4) is 0 Å². The van der Waals surface area contributed by atoms with Gasteiger partial charge >= 0.3 is 0 Å². The molecular formula is C9H15ClN4O2S. The van der Waals surface area contributed by atoms with Crippen LogP contribution in [-0.2, 0) is 10.0 Å². The van der Waals surface area contributed by atoms with Gasteiger partial charge in [-0.3, -0.25) is 0 Å². The zero-order chi connectivity index (χ0) is 11.6. The van der Waals surface area contributed by atoms with Crippen LogP contribution in [0.1, 0.15) is 12.8 Å². The summed E-state index contributed by atoms with van der Waals surface area (Å²) in [6.45, 7) is 0.842. The van der Waals surface area contributed by atoms with Crippen LogP contribution in [0.4, 0.5) is 0 Å². The van der Waals surface area contributed by atoms with E-state index in [0.29, 0.717) is 13.1 Å². The molecule has 2 N–H and O–H groups in total. The largest absolute Gasteiger partial charge is 0.327 e. The van der Waals surface area contributed by atoms with E-state index in [1.165, 1.54) is 16.7 Å². The molecule has 8 heteroatoms. The highest BCUT2D eigenvalue weighted by molar-refractivity contribution is 7.88. The molecule has 1 unspecified atom stereocenters. The molecule has 1 fully saturated rings. The molecule has 6 nitrogen and oxygen atoms in total. The molecule has 1 saturated heterocycles. The van der Waals surface area contributed by atoms with Crippen LogP contribution in [0.5, 0.6) is 0 Å². The Bertz CT molecular complexity index is 453. The van der Waals surface area contributed by atoms with Crippen molar-refractivity contribution in [1.82, 2.24) is 14.3 Å². The van der Waals surface area contributed by atoms with E-state index in [9.17, 15) is 8.42 Å². The molecule has 2 heterocycles. The summed E-state index contributed by atoms with van der Waals surface area (Å²) in [6, 6.07) is 1.49. The van der Waals surface area contributed by atoms with Gasteiger partial charge in [0, 0.05) is 31.5 Å². The van der Waals surface area contributed by atoms with Gasteiger partial charge in [0.05, 0.1) is 0 Å². The van der Waals surface area contributed by atoms with E-state index in [1.807, 2.05) is 0 Å². The molecule has 0 amide bonds. The van der Waals surface area contributed by atoms with Crippen molar-refractivity contribution in [2.75, 3.05) is 13.1 Å². The third kappa shape index (κ3) is 3.12.